The molecule has 0 heterocycles. The summed E-state index contributed by atoms with van der Waals surface area (Å²) in [5.41, 5.74) is 0.268. The van der Waals surface area contributed by atoms with Crippen molar-refractivity contribution in [1.29, 1.82) is 0 Å². The molecule has 0 aliphatic heterocycles. The highest BCUT2D eigenvalue weighted by Crippen LogP contribution is 2.57. The van der Waals surface area contributed by atoms with Gasteiger partial charge >= 0.3 is 0 Å². The van der Waals surface area contributed by atoms with Crippen molar-refractivity contribution < 1.29 is 8.42 Å². The van der Waals surface area contributed by atoms with E-state index in [2.05, 4.69) is 5.32 Å². The highest BCUT2D eigenvalue weighted by atomic mass is 32.2. The van der Waals surface area contributed by atoms with Gasteiger partial charge in [-0.15, -0.1) is 0 Å². The lowest BCUT2D eigenvalue weighted by Gasteiger charge is -2.39. The first kappa shape index (κ1) is 15.8. The van der Waals surface area contributed by atoms with Crippen molar-refractivity contribution in [1.82, 2.24) is 5.32 Å². The molecule has 1 N–H and O–H groups in total. The van der Waals surface area contributed by atoms with E-state index in [-0.39, 0.29) is 5.41 Å². The van der Waals surface area contributed by atoms with Gasteiger partial charge in [0.15, 0.2) is 9.84 Å². The van der Waals surface area contributed by atoms with Crippen molar-refractivity contribution in [2.24, 2.45) is 17.3 Å². The zero-order valence-corrected chi connectivity index (χ0v) is 14.6. The molecule has 0 spiro atoms. The minimum absolute atomic E-state index is 0.268. The lowest BCUT2D eigenvalue weighted by molar-refractivity contribution is 0.150. The fraction of sp³-hybridized carbons (Fsp3) is 1.00. The molecule has 3 unspecified atom stereocenters. The van der Waals surface area contributed by atoms with E-state index in [9.17, 15) is 8.42 Å². The molecular weight excluding hydrogens is 282 g/mol. The normalized spacial score (nSPS) is 36.3. The standard InChI is InChI=1S/C17H31NO2S/c1-16(2,3)21(19,20)9-8-17(12-18-15-6-7-15)11-13-4-5-14(17)10-13/h13-15,18H,4-12H2,1-3H3. The van der Waals surface area contributed by atoms with Crippen molar-refractivity contribution in [3.63, 3.8) is 0 Å². The maximum atomic E-state index is 12.5. The first-order valence-electron chi connectivity index (χ1n) is 8.68. The van der Waals surface area contributed by atoms with Crippen molar-refractivity contribution in [2.45, 2.75) is 76.5 Å². The Morgan fingerprint density at radius 2 is 1.86 bits per heavy atom. The van der Waals surface area contributed by atoms with Gasteiger partial charge in [-0.2, -0.15) is 0 Å². The lowest BCUT2D eigenvalue weighted by atomic mass is 9.71. The van der Waals surface area contributed by atoms with E-state index in [1.54, 1.807) is 0 Å². The maximum Gasteiger partial charge on any atom is 0.155 e. The first-order chi connectivity index (χ1) is 9.72. The van der Waals surface area contributed by atoms with Gasteiger partial charge in [0.25, 0.3) is 0 Å². The molecule has 3 rings (SSSR count). The molecule has 2 bridgehead atoms. The topological polar surface area (TPSA) is 46.2 Å². The van der Waals surface area contributed by atoms with Crippen LogP contribution in [0, 0.1) is 17.3 Å². The Kier molecular flexibility index (Phi) is 3.93. The van der Waals surface area contributed by atoms with Gasteiger partial charge in [0.05, 0.1) is 10.5 Å². The van der Waals surface area contributed by atoms with Crippen LogP contribution in [-0.4, -0.2) is 31.5 Å². The molecule has 3 aliphatic rings. The molecule has 4 heteroatoms. The molecule has 3 atom stereocenters. The van der Waals surface area contributed by atoms with Crippen LogP contribution in [0.3, 0.4) is 0 Å². The molecule has 0 aromatic rings. The minimum atomic E-state index is -2.99. The molecule has 3 saturated carbocycles. The summed E-state index contributed by atoms with van der Waals surface area (Å²) < 4.78 is 24.4. The number of hydrogen-bond donors (Lipinski definition) is 1. The van der Waals surface area contributed by atoms with Crippen LogP contribution in [0.4, 0.5) is 0 Å². The third-order valence-corrected chi connectivity index (χ3v) is 8.83. The van der Waals surface area contributed by atoms with E-state index in [0.717, 1.165) is 30.8 Å². The highest BCUT2D eigenvalue weighted by molar-refractivity contribution is 7.92. The maximum absolute atomic E-state index is 12.5. The molecule has 21 heavy (non-hydrogen) atoms. The van der Waals surface area contributed by atoms with Gasteiger partial charge in [-0.1, -0.05) is 6.42 Å². The highest BCUT2D eigenvalue weighted by Gasteiger charge is 2.51. The SMILES string of the molecule is CC(C)(C)S(=O)(=O)CCC1(CNC2CC2)CC2CCC1C2. The lowest BCUT2D eigenvalue weighted by Crippen LogP contribution is -2.42. The third kappa shape index (κ3) is 3.17. The van der Waals surface area contributed by atoms with Crippen LogP contribution in [-0.2, 0) is 9.84 Å². The molecular formula is C17H31NO2S. The number of rotatable bonds is 6. The summed E-state index contributed by atoms with van der Waals surface area (Å²) >= 11 is 0. The Morgan fingerprint density at radius 1 is 1.14 bits per heavy atom. The predicted molar refractivity (Wildman–Crippen MR) is 87.1 cm³/mol. The van der Waals surface area contributed by atoms with Crippen LogP contribution >= 0.6 is 0 Å². The van der Waals surface area contributed by atoms with Crippen molar-refractivity contribution >= 4 is 9.84 Å². The molecule has 0 saturated heterocycles. The Morgan fingerprint density at radius 3 is 2.33 bits per heavy atom. The van der Waals surface area contributed by atoms with E-state index in [0.29, 0.717) is 5.75 Å². The van der Waals surface area contributed by atoms with E-state index in [1.165, 1.54) is 38.5 Å². The van der Waals surface area contributed by atoms with Crippen LogP contribution in [0.25, 0.3) is 0 Å². The largest absolute Gasteiger partial charge is 0.313 e. The summed E-state index contributed by atoms with van der Waals surface area (Å²) in [5.74, 6) is 2.00. The average Bonchev–Trinajstić information content (AvgIpc) is 3.01. The van der Waals surface area contributed by atoms with Gasteiger partial charge in [-0.3, -0.25) is 0 Å². The van der Waals surface area contributed by atoms with Crippen LogP contribution in [0.2, 0.25) is 0 Å². The number of fused-ring (bicyclic) bond motifs is 2. The van der Waals surface area contributed by atoms with Crippen LogP contribution in [0.5, 0.6) is 0 Å². The summed E-state index contributed by atoms with van der Waals surface area (Å²) in [6.45, 7) is 6.55. The van der Waals surface area contributed by atoms with Gasteiger partial charge in [0.1, 0.15) is 0 Å². The molecule has 0 aromatic heterocycles. The van der Waals surface area contributed by atoms with Crippen LogP contribution in [0.1, 0.15) is 65.7 Å². The molecule has 3 aliphatic carbocycles. The van der Waals surface area contributed by atoms with Crippen molar-refractivity contribution in [3.05, 3.63) is 0 Å². The van der Waals surface area contributed by atoms with Crippen molar-refractivity contribution in [3.8, 4) is 0 Å². The predicted octanol–water partition coefficient (Wildman–Crippen LogP) is 3.15. The molecule has 3 fully saturated rings. The second-order valence-corrected chi connectivity index (χ2v) is 11.6. The van der Waals surface area contributed by atoms with Gasteiger partial charge in [0.2, 0.25) is 0 Å². The average molecular weight is 314 g/mol. The zero-order valence-electron chi connectivity index (χ0n) is 13.8. The Bertz CT molecular complexity index is 489. The smallest absolute Gasteiger partial charge is 0.155 e. The summed E-state index contributed by atoms with van der Waals surface area (Å²) in [6, 6.07) is 0.722. The number of hydrogen-bond acceptors (Lipinski definition) is 3. The van der Waals surface area contributed by atoms with E-state index < -0.39 is 14.6 Å². The number of sulfone groups is 1. The second kappa shape index (κ2) is 5.23. The van der Waals surface area contributed by atoms with E-state index in [4.69, 9.17) is 0 Å². The summed E-state index contributed by atoms with van der Waals surface area (Å²) in [7, 11) is -2.99. The number of nitrogens with one attached hydrogen (secondary N) is 1. The fourth-order valence-electron chi connectivity index (χ4n) is 4.45. The van der Waals surface area contributed by atoms with Gasteiger partial charge < -0.3 is 5.32 Å². The van der Waals surface area contributed by atoms with E-state index >= 15 is 0 Å². The summed E-state index contributed by atoms with van der Waals surface area (Å²) in [5, 5.41) is 3.70. The van der Waals surface area contributed by atoms with Crippen LogP contribution in [0.15, 0.2) is 0 Å². The second-order valence-electron chi connectivity index (χ2n) is 8.78. The quantitative estimate of drug-likeness (QED) is 0.819. The third-order valence-electron chi connectivity index (χ3n) is 6.22. The van der Waals surface area contributed by atoms with Gasteiger partial charge in [0, 0.05) is 12.6 Å². The Hall–Kier alpha value is -0.0900. The van der Waals surface area contributed by atoms with Gasteiger partial charge in [-0.25, -0.2) is 8.42 Å². The summed E-state index contributed by atoms with van der Waals surface area (Å²) in [4.78, 5) is 0. The molecule has 3 nitrogen and oxygen atoms in total. The Balaban J connectivity index is 1.68. The zero-order chi connectivity index (χ0) is 15.3. The van der Waals surface area contributed by atoms with Crippen LogP contribution < -0.4 is 5.32 Å². The van der Waals surface area contributed by atoms with E-state index in [1.807, 2.05) is 20.8 Å². The monoisotopic (exact) mass is 313 g/mol. The van der Waals surface area contributed by atoms with Gasteiger partial charge in [-0.05, 0) is 76.5 Å². The first-order valence-corrected chi connectivity index (χ1v) is 10.3. The molecule has 0 amide bonds. The fourth-order valence-corrected chi connectivity index (χ4v) is 5.74. The minimum Gasteiger partial charge on any atom is -0.313 e. The molecule has 122 valence electrons. The molecule has 0 aromatic carbocycles. The summed E-state index contributed by atoms with van der Waals surface area (Å²) in [6.07, 6.45) is 8.80. The Labute approximate surface area is 130 Å². The molecule has 0 radical (unpaired) electrons. The van der Waals surface area contributed by atoms with Crippen molar-refractivity contribution in [2.75, 3.05) is 12.3 Å².